The standard InChI is InChI=1S/C16H18N4O2S/c1-11-3-5-13(6-4-11)9-17-15(22)10-23-16-8-7-14(19-20-16)18-12(2)21/h3-8H,9-10H2,1-2H3,(H,17,22)(H,18,19,21). The normalized spacial score (nSPS) is 10.2. The van der Waals surface area contributed by atoms with Crippen LogP contribution in [0.25, 0.3) is 0 Å². The van der Waals surface area contributed by atoms with Gasteiger partial charge in [-0.3, -0.25) is 9.59 Å². The lowest BCUT2D eigenvalue weighted by molar-refractivity contribution is -0.118. The van der Waals surface area contributed by atoms with Crippen molar-refractivity contribution in [1.82, 2.24) is 15.5 Å². The van der Waals surface area contributed by atoms with E-state index in [0.29, 0.717) is 17.4 Å². The third kappa shape index (κ3) is 6.07. The fraction of sp³-hybridized carbons (Fsp3) is 0.250. The van der Waals surface area contributed by atoms with Crippen molar-refractivity contribution >= 4 is 29.4 Å². The molecule has 0 bridgehead atoms. The van der Waals surface area contributed by atoms with Crippen molar-refractivity contribution < 1.29 is 9.59 Å². The number of benzene rings is 1. The van der Waals surface area contributed by atoms with Gasteiger partial charge < -0.3 is 10.6 Å². The lowest BCUT2D eigenvalue weighted by Crippen LogP contribution is -2.24. The number of carbonyl (C=O) groups is 2. The summed E-state index contributed by atoms with van der Waals surface area (Å²) in [6, 6.07) is 11.4. The molecule has 1 aromatic carbocycles. The number of rotatable bonds is 6. The van der Waals surface area contributed by atoms with Crippen LogP contribution in [0.5, 0.6) is 0 Å². The maximum Gasteiger partial charge on any atom is 0.230 e. The van der Waals surface area contributed by atoms with Gasteiger partial charge in [0.15, 0.2) is 5.82 Å². The lowest BCUT2D eigenvalue weighted by atomic mass is 10.1. The highest BCUT2D eigenvalue weighted by molar-refractivity contribution is 7.99. The molecule has 7 heteroatoms. The molecule has 0 aliphatic carbocycles. The van der Waals surface area contributed by atoms with Gasteiger partial charge in [-0.05, 0) is 24.6 Å². The Kier molecular flexibility index (Phi) is 6.10. The van der Waals surface area contributed by atoms with Gasteiger partial charge in [-0.1, -0.05) is 41.6 Å². The van der Waals surface area contributed by atoms with E-state index in [9.17, 15) is 9.59 Å². The highest BCUT2D eigenvalue weighted by atomic mass is 32.2. The van der Waals surface area contributed by atoms with Gasteiger partial charge in [0.25, 0.3) is 0 Å². The van der Waals surface area contributed by atoms with Crippen molar-refractivity contribution in [2.45, 2.75) is 25.4 Å². The Balaban J connectivity index is 1.75. The number of hydrogen-bond acceptors (Lipinski definition) is 5. The maximum absolute atomic E-state index is 11.8. The molecular formula is C16H18N4O2S. The van der Waals surface area contributed by atoms with Crippen LogP contribution in [0.15, 0.2) is 41.4 Å². The molecular weight excluding hydrogens is 312 g/mol. The van der Waals surface area contributed by atoms with Crippen LogP contribution in [0.1, 0.15) is 18.1 Å². The average Bonchev–Trinajstić information content (AvgIpc) is 2.53. The van der Waals surface area contributed by atoms with Crippen LogP contribution >= 0.6 is 11.8 Å². The molecule has 6 nitrogen and oxygen atoms in total. The Labute approximate surface area is 139 Å². The highest BCUT2D eigenvalue weighted by Crippen LogP contribution is 2.15. The minimum absolute atomic E-state index is 0.0664. The summed E-state index contributed by atoms with van der Waals surface area (Å²) in [5.41, 5.74) is 2.25. The fourth-order valence-electron chi connectivity index (χ4n) is 1.74. The Morgan fingerprint density at radius 1 is 1.09 bits per heavy atom. The van der Waals surface area contributed by atoms with E-state index >= 15 is 0 Å². The Morgan fingerprint density at radius 2 is 1.83 bits per heavy atom. The molecule has 23 heavy (non-hydrogen) atoms. The molecule has 0 aliphatic rings. The first kappa shape index (κ1) is 17.0. The summed E-state index contributed by atoms with van der Waals surface area (Å²) in [4.78, 5) is 22.7. The average molecular weight is 330 g/mol. The van der Waals surface area contributed by atoms with Gasteiger partial charge in [0.2, 0.25) is 11.8 Å². The molecule has 120 valence electrons. The largest absolute Gasteiger partial charge is 0.351 e. The maximum atomic E-state index is 11.8. The lowest BCUT2D eigenvalue weighted by Gasteiger charge is -2.06. The Morgan fingerprint density at radius 3 is 2.43 bits per heavy atom. The van der Waals surface area contributed by atoms with Crippen LogP contribution in [0.4, 0.5) is 5.82 Å². The molecule has 2 aromatic rings. The Hall–Kier alpha value is -2.41. The van der Waals surface area contributed by atoms with Gasteiger partial charge >= 0.3 is 0 Å². The van der Waals surface area contributed by atoms with Crippen LogP contribution in [-0.2, 0) is 16.1 Å². The summed E-state index contributed by atoms with van der Waals surface area (Å²) >= 11 is 1.30. The summed E-state index contributed by atoms with van der Waals surface area (Å²) < 4.78 is 0. The number of hydrogen-bond donors (Lipinski definition) is 2. The second-order valence-electron chi connectivity index (χ2n) is 4.99. The SMILES string of the molecule is CC(=O)Nc1ccc(SCC(=O)NCc2ccc(C)cc2)nn1. The minimum atomic E-state index is -0.199. The summed E-state index contributed by atoms with van der Waals surface area (Å²) in [5, 5.41) is 13.8. The number of amides is 2. The van der Waals surface area contributed by atoms with E-state index in [4.69, 9.17) is 0 Å². The molecule has 0 saturated heterocycles. The number of anilines is 1. The molecule has 2 N–H and O–H groups in total. The van der Waals surface area contributed by atoms with Crippen LogP contribution in [0, 0.1) is 6.92 Å². The van der Waals surface area contributed by atoms with Crippen molar-refractivity contribution in [2.24, 2.45) is 0 Å². The zero-order chi connectivity index (χ0) is 16.7. The van der Waals surface area contributed by atoms with E-state index in [-0.39, 0.29) is 17.6 Å². The first-order valence-corrected chi connectivity index (χ1v) is 8.08. The zero-order valence-electron chi connectivity index (χ0n) is 13.0. The van der Waals surface area contributed by atoms with Crippen LogP contribution in [0.3, 0.4) is 0 Å². The van der Waals surface area contributed by atoms with Gasteiger partial charge in [0, 0.05) is 13.5 Å². The molecule has 2 rings (SSSR count). The molecule has 1 heterocycles. The topological polar surface area (TPSA) is 84.0 Å². The molecule has 2 amide bonds. The molecule has 0 radical (unpaired) electrons. The van der Waals surface area contributed by atoms with Crippen LogP contribution < -0.4 is 10.6 Å². The van der Waals surface area contributed by atoms with Gasteiger partial charge in [0.1, 0.15) is 5.03 Å². The summed E-state index contributed by atoms with van der Waals surface area (Å²) in [6.07, 6.45) is 0. The highest BCUT2D eigenvalue weighted by Gasteiger charge is 2.05. The van der Waals surface area contributed by atoms with Gasteiger partial charge in [0.05, 0.1) is 5.75 Å². The van der Waals surface area contributed by atoms with Crippen molar-refractivity contribution in [2.75, 3.05) is 11.1 Å². The number of carbonyl (C=O) groups excluding carboxylic acids is 2. The van der Waals surface area contributed by atoms with Crippen molar-refractivity contribution in [1.29, 1.82) is 0 Å². The zero-order valence-corrected chi connectivity index (χ0v) is 13.8. The number of nitrogens with one attached hydrogen (secondary N) is 2. The van der Waals surface area contributed by atoms with Gasteiger partial charge in [-0.2, -0.15) is 0 Å². The monoisotopic (exact) mass is 330 g/mol. The molecule has 0 aliphatic heterocycles. The summed E-state index contributed by atoms with van der Waals surface area (Å²) in [5.74, 6) is 0.393. The van der Waals surface area contributed by atoms with E-state index in [1.807, 2.05) is 31.2 Å². The second-order valence-corrected chi connectivity index (χ2v) is 5.98. The first-order chi connectivity index (χ1) is 11.0. The van der Waals surface area contributed by atoms with Crippen LogP contribution in [-0.4, -0.2) is 27.8 Å². The third-order valence-electron chi connectivity index (χ3n) is 2.91. The van der Waals surface area contributed by atoms with E-state index in [0.717, 1.165) is 5.56 Å². The van der Waals surface area contributed by atoms with Crippen molar-refractivity contribution in [3.05, 3.63) is 47.5 Å². The quantitative estimate of drug-likeness (QED) is 0.793. The minimum Gasteiger partial charge on any atom is -0.351 e. The summed E-state index contributed by atoms with van der Waals surface area (Å²) in [6.45, 7) is 3.94. The Bertz CT molecular complexity index is 671. The predicted molar refractivity (Wildman–Crippen MR) is 90.1 cm³/mol. The van der Waals surface area contributed by atoms with E-state index < -0.39 is 0 Å². The predicted octanol–water partition coefficient (Wildman–Crippen LogP) is 2.15. The molecule has 1 aromatic heterocycles. The molecule has 0 fully saturated rings. The molecule has 0 atom stereocenters. The van der Waals surface area contributed by atoms with Crippen molar-refractivity contribution in [3.8, 4) is 0 Å². The van der Waals surface area contributed by atoms with Gasteiger partial charge in [-0.15, -0.1) is 10.2 Å². The fourth-order valence-corrected chi connectivity index (χ4v) is 2.39. The number of nitrogens with zero attached hydrogens (tertiary/aromatic N) is 2. The molecule has 0 saturated carbocycles. The van der Waals surface area contributed by atoms with Crippen molar-refractivity contribution in [3.63, 3.8) is 0 Å². The van der Waals surface area contributed by atoms with Gasteiger partial charge in [-0.25, -0.2) is 0 Å². The third-order valence-corrected chi connectivity index (χ3v) is 3.83. The van der Waals surface area contributed by atoms with E-state index in [2.05, 4.69) is 20.8 Å². The number of aryl methyl sites for hydroxylation is 1. The van der Waals surface area contributed by atoms with E-state index in [1.165, 1.54) is 24.2 Å². The second kappa shape index (κ2) is 8.28. The van der Waals surface area contributed by atoms with E-state index in [1.54, 1.807) is 12.1 Å². The molecule has 0 unspecified atom stereocenters. The first-order valence-electron chi connectivity index (χ1n) is 7.09. The summed E-state index contributed by atoms with van der Waals surface area (Å²) in [7, 11) is 0. The van der Waals surface area contributed by atoms with Crippen LogP contribution in [0.2, 0.25) is 0 Å². The number of thioether (sulfide) groups is 1. The molecule has 0 spiro atoms. The number of aromatic nitrogens is 2. The smallest absolute Gasteiger partial charge is 0.230 e.